The summed E-state index contributed by atoms with van der Waals surface area (Å²) in [6, 6.07) is 5.17. The molecule has 1 aliphatic rings. The Kier molecular flexibility index (Phi) is 5.56. The lowest BCUT2D eigenvalue weighted by Gasteiger charge is -2.32. The van der Waals surface area contributed by atoms with Gasteiger partial charge in [-0.25, -0.2) is 19.9 Å². The number of amides is 1. The average Bonchev–Trinajstić information content (AvgIpc) is 3.28. The number of rotatable bonds is 4. The van der Waals surface area contributed by atoms with Crippen LogP contribution < -0.4 is 10.2 Å². The summed E-state index contributed by atoms with van der Waals surface area (Å²) in [4.78, 5) is 35.0. The molecule has 0 spiro atoms. The molecule has 0 bridgehead atoms. The van der Waals surface area contributed by atoms with Crippen LogP contribution in [0.15, 0.2) is 55.4 Å². The molecule has 0 radical (unpaired) electrons. The van der Waals surface area contributed by atoms with E-state index < -0.39 is 11.9 Å². The van der Waals surface area contributed by atoms with E-state index in [1.165, 1.54) is 10.6 Å². The number of imidazole rings is 1. The smallest absolute Gasteiger partial charge is 0.356 e. The zero-order chi connectivity index (χ0) is 23.7. The lowest BCUT2D eigenvalue weighted by Crippen LogP contribution is -2.41. The van der Waals surface area contributed by atoms with Gasteiger partial charge < -0.3 is 10.2 Å². The maximum absolute atomic E-state index is 13.1. The van der Waals surface area contributed by atoms with Gasteiger partial charge >= 0.3 is 6.18 Å². The van der Waals surface area contributed by atoms with Crippen molar-refractivity contribution < 1.29 is 18.0 Å². The first kappa shape index (κ1) is 21.7. The molecular formula is C22H19F3N8O. The Hall–Kier alpha value is -4.09. The normalized spacial score (nSPS) is 16.6. The monoisotopic (exact) mass is 468 g/mol. The predicted molar refractivity (Wildman–Crippen MR) is 117 cm³/mol. The number of alkyl halides is 3. The number of pyridine rings is 1. The van der Waals surface area contributed by atoms with Crippen LogP contribution in [0.5, 0.6) is 0 Å². The van der Waals surface area contributed by atoms with Crippen molar-refractivity contribution in [3.05, 3.63) is 61.1 Å². The van der Waals surface area contributed by atoms with E-state index in [1.54, 1.807) is 36.8 Å². The van der Waals surface area contributed by atoms with Gasteiger partial charge in [0.05, 0.1) is 18.3 Å². The second-order valence-corrected chi connectivity index (χ2v) is 7.89. The Balaban J connectivity index is 1.38. The van der Waals surface area contributed by atoms with Crippen molar-refractivity contribution in [1.82, 2.24) is 29.3 Å². The van der Waals surface area contributed by atoms with Gasteiger partial charge in [0.25, 0.3) is 0 Å². The van der Waals surface area contributed by atoms with Gasteiger partial charge in [-0.15, -0.1) is 0 Å². The lowest BCUT2D eigenvalue weighted by molar-refractivity contribution is -0.141. The molecule has 174 valence electrons. The number of carbonyl (C=O) groups excluding carboxylic acids is 1. The van der Waals surface area contributed by atoms with E-state index in [0.29, 0.717) is 30.3 Å². The van der Waals surface area contributed by atoms with E-state index in [4.69, 9.17) is 0 Å². The van der Waals surface area contributed by atoms with Gasteiger partial charge in [-0.05, 0) is 31.0 Å². The van der Waals surface area contributed by atoms with Crippen LogP contribution in [0, 0.1) is 5.92 Å². The maximum Gasteiger partial charge on any atom is 0.434 e. The fourth-order valence-electron chi connectivity index (χ4n) is 3.93. The van der Waals surface area contributed by atoms with Crippen molar-refractivity contribution in [2.24, 2.45) is 5.92 Å². The topological polar surface area (TPSA) is 101 Å². The quantitative estimate of drug-likeness (QED) is 0.490. The van der Waals surface area contributed by atoms with Crippen LogP contribution in [-0.2, 0) is 11.0 Å². The number of nitrogens with zero attached hydrogens (tertiary/aromatic N) is 7. The van der Waals surface area contributed by atoms with Crippen LogP contribution in [0.25, 0.3) is 17.2 Å². The Morgan fingerprint density at radius 3 is 2.68 bits per heavy atom. The maximum atomic E-state index is 13.1. The molecule has 1 fully saturated rings. The van der Waals surface area contributed by atoms with Crippen LogP contribution in [0.1, 0.15) is 18.5 Å². The number of halogens is 3. The minimum absolute atomic E-state index is 0.0841. The number of hydrogen-bond acceptors (Lipinski definition) is 7. The summed E-state index contributed by atoms with van der Waals surface area (Å²) in [5, 5.41) is 2.91. The molecule has 1 aliphatic heterocycles. The van der Waals surface area contributed by atoms with Crippen LogP contribution >= 0.6 is 0 Å². The average molecular weight is 468 g/mol. The number of nitrogens with one attached hydrogen (secondary N) is 1. The molecule has 1 atom stereocenters. The molecule has 34 heavy (non-hydrogen) atoms. The Bertz CT molecular complexity index is 1320. The van der Waals surface area contributed by atoms with Gasteiger partial charge in [-0.3, -0.25) is 14.2 Å². The Morgan fingerprint density at radius 1 is 1.06 bits per heavy atom. The lowest BCUT2D eigenvalue weighted by atomic mass is 9.97. The third-order valence-corrected chi connectivity index (χ3v) is 5.62. The first-order valence-electron chi connectivity index (χ1n) is 10.6. The first-order chi connectivity index (χ1) is 16.4. The van der Waals surface area contributed by atoms with Crippen molar-refractivity contribution in [2.45, 2.75) is 19.0 Å². The van der Waals surface area contributed by atoms with Crippen LogP contribution in [0.2, 0.25) is 0 Å². The number of anilines is 2. The van der Waals surface area contributed by atoms with E-state index in [0.717, 1.165) is 25.2 Å². The summed E-state index contributed by atoms with van der Waals surface area (Å²) >= 11 is 0. The van der Waals surface area contributed by atoms with E-state index in [9.17, 15) is 18.0 Å². The number of fused-ring (bicyclic) bond motifs is 1. The molecule has 5 rings (SSSR count). The van der Waals surface area contributed by atoms with Gasteiger partial charge in [0.2, 0.25) is 5.91 Å². The fraction of sp³-hybridized carbons (Fsp3) is 0.273. The standard InChI is InChI=1S/C22H19F3N8O/c23-22(24,25)17-13-33-16(10-29-19(33)11-28-17)20-27-8-5-18(31-20)32-9-1-2-14(12-32)21(34)30-15-3-6-26-7-4-15/h3-8,10-11,13-14H,1-2,9,12H2,(H,26,30,34)/t14-/m0/s1. The van der Waals surface area contributed by atoms with Crippen molar-refractivity contribution in [1.29, 1.82) is 0 Å². The van der Waals surface area contributed by atoms with E-state index >= 15 is 0 Å². The summed E-state index contributed by atoms with van der Waals surface area (Å²) in [5.41, 5.74) is 0.216. The molecule has 0 saturated carbocycles. The van der Waals surface area contributed by atoms with Crippen molar-refractivity contribution in [2.75, 3.05) is 23.3 Å². The van der Waals surface area contributed by atoms with Crippen molar-refractivity contribution >= 4 is 23.1 Å². The largest absolute Gasteiger partial charge is 0.434 e. The van der Waals surface area contributed by atoms with E-state index in [1.807, 2.05) is 4.90 Å². The third kappa shape index (κ3) is 4.38. The predicted octanol–water partition coefficient (Wildman–Crippen LogP) is 3.46. The second kappa shape index (κ2) is 8.69. The molecule has 4 aromatic heterocycles. The second-order valence-electron chi connectivity index (χ2n) is 7.89. The summed E-state index contributed by atoms with van der Waals surface area (Å²) in [7, 11) is 0. The summed E-state index contributed by atoms with van der Waals surface area (Å²) in [5.74, 6) is 0.495. The molecular weight excluding hydrogens is 449 g/mol. The minimum atomic E-state index is -4.59. The van der Waals surface area contributed by atoms with Gasteiger partial charge in [0, 0.05) is 43.6 Å². The fourth-order valence-corrected chi connectivity index (χ4v) is 3.93. The summed E-state index contributed by atoms with van der Waals surface area (Å²) in [6.07, 6.45) is 5.08. The highest BCUT2D eigenvalue weighted by atomic mass is 19.4. The molecule has 0 unspecified atom stereocenters. The van der Waals surface area contributed by atoms with Crippen LogP contribution in [-0.4, -0.2) is 48.3 Å². The number of hydrogen-bond donors (Lipinski definition) is 1. The number of piperidine rings is 1. The summed E-state index contributed by atoms with van der Waals surface area (Å²) < 4.78 is 40.7. The molecule has 0 aromatic carbocycles. The van der Waals surface area contributed by atoms with Gasteiger partial charge in [0.1, 0.15) is 11.5 Å². The summed E-state index contributed by atoms with van der Waals surface area (Å²) in [6.45, 7) is 1.16. The van der Waals surface area contributed by atoms with E-state index in [2.05, 4.69) is 30.2 Å². The molecule has 5 heterocycles. The third-order valence-electron chi connectivity index (χ3n) is 5.62. The van der Waals surface area contributed by atoms with Gasteiger partial charge in [-0.2, -0.15) is 13.2 Å². The number of carbonyl (C=O) groups is 1. The zero-order valence-electron chi connectivity index (χ0n) is 17.8. The SMILES string of the molecule is O=C(Nc1ccncc1)[C@H]1CCCN(c2ccnc(-c3cnc4cnc(C(F)(F)F)cn34)n2)C1. The Morgan fingerprint density at radius 2 is 1.88 bits per heavy atom. The van der Waals surface area contributed by atoms with Gasteiger partial charge in [0.15, 0.2) is 17.2 Å². The zero-order valence-corrected chi connectivity index (χ0v) is 17.8. The van der Waals surface area contributed by atoms with Gasteiger partial charge in [-0.1, -0.05) is 0 Å². The minimum Gasteiger partial charge on any atom is -0.356 e. The number of aromatic nitrogens is 6. The highest BCUT2D eigenvalue weighted by molar-refractivity contribution is 5.93. The molecule has 1 N–H and O–H groups in total. The molecule has 9 nitrogen and oxygen atoms in total. The highest BCUT2D eigenvalue weighted by Crippen LogP contribution is 2.29. The van der Waals surface area contributed by atoms with Crippen LogP contribution in [0.4, 0.5) is 24.7 Å². The van der Waals surface area contributed by atoms with E-state index in [-0.39, 0.29) is 23.3 Å². The van der Waals surface area contributed by atoms with Crippen molar-refractivity contribution in [3.63, 3.8) is 0 Å². The Labute approximate surface area is 191 Å². The molecule has 4 aromatic rings. The first-order valence-corrected chi connectivity index (χ1v) is 10.6. The molecule has 0 aliphatic carbocycles. The molecule has 1 saturated heterocycles. The highest BCUT2D eigenvalue weighted by Gasteiger charge is 2.33. The van der Waals surface area contributed by atoms with Crippen molar-refractivity contribution in [3.8, 4) is 11.5 Å². The molecule has 12 heteroatoms. The van der Waals surface area contributed by atoms with Crippen LogP contribution in [0.3, 0.4) is 0 Å². The molecule has 1 amide bonds.